The number of halogens is 1. The zero-order valence-corrected chi connectivity index (χ0v) is 15.0. The number of carbonyl (C=O) groups excluding carboxylic acids is 1. The van der Waals surface area contributed by atoms with Crippen LogP contribution in [0.15, 0.2) is 18.2 Å². The molecule has 1 aromatic carbocycles. The quantitative estimate of drug-likeness (QED) is 0.898. The summed E-state index contributed by atoms with van der Waals surface area (Å²) < 4.78 is 19.6. The van der Waals surface area contributed by atoms with E-state index in [0.717, 1.165) is 12.0 Å². The molecule has 1 saturated heterocycles. The van der Waals surface area contributed by atoms with Gasteiger partial charge in [0.2, 0.25) is 0 Å². The van der Waals surface area contributed by atoms with Crippen molar-refractivity contribution in [2.75, 3.05) is 27.2 Å². The average Bonchev–Trinajstić information content (AvgIpc) is 2.54. The maximum absolute atomic E-state index is 13.8. The Balaban J connectivity index is 1.94. The van der Waals surface area contributed by atoms with E-state index >= 15 is 0 Å². The molecule has 0 saturated carbocycles. The van der Waals surface area contributed by atoms with Crippen molar-refractivity contribution in [3.8, 4) is 0 Å². The summed E-state index contributed by atoms with van der Waals surface area (Å²) >= 11 is 0. The van der Waals surface area contributed by atoms with E-state index in [0.29, 0.717) is 31.7 Å². The predicted octanol–water partition coefficient (Wildman–Crippen LogP) is 2.60. The van der Waals surface area contributed by atoms with Gasteiger partial charge in [-0.1, -0.05) is 13.0 Å². The molecule has 1 aliphatic heterocycles. The highest BCUT2D eigenvalue weighted by Gasteiger charge is 2.27. The molecule has 1 aromatic rings. The van der Waals surface area contributed by atoms with Crippen molar-refractivity contribution in [1.82, 2.24) is 15.1 Å². The van der Waals surface area contributed by atoms with Gasteiger partial charge in [0.25, 0.3) is 0 Å². The molecule has 1 fully saturated rings. The van der Waals surface area contributed by atoms with Crippen LogP contribution in [0.1, 0.15) is 31.4 Å². The van der Waals surface area contributed by atoms with Crippen molar-refractivity contribution in [1.29, 1.82) is 0 Å². The fraction of sp³-hybridized carbons (Fsp3) is 0.611. The van der Waals surface area contributed by atoms with E-state index < -0.39 is 0 Å². The lowest BCUT2D eigenvalue weighted by molar-refractivity contribution is -0.0646. The van der Waals surface area contributed by atoms with E-state index in [1.807, 2.05) is 32.0 Å². The van der Waals surface area contributed by atoms with Crippen molar-refractivity contribution in [2.45, 2.75) is 45.6 Å². The van der Waals surface area contributed by atoms with Crippen LogP contribution in [0, 0.1) is 5.82 Å². The van der Waals surface area contributed by atoms with Crippen LogP contribution in [0.25, 0.3) is 0 Å². The number of benzene rings is 1. The molecule has 2 atom stereocenters. The molecule has 0 radical (unpaired) electrons. The van der Waals surface area contributed by atoms with Gasteiger partial charge in [-0.3, -0.25) is 0 Å². The van der Waals surface area contributed by atoms with Crippen LogP contribution in [-0.4, -0.2) is 55.2 Å². The van der Waals surface area contributed by atoms with Gasteiger partial charge in [0.15, 0.2) is 0 Å². The first-order valence-corrected chi connectivity index (χ1v) is 8.49. The van der Waals surface area contributed by atoms with E-state index in [9.17, 15) is 9.18 Å². The summed E-state index contributed by atoms with van der Waals surface area (Å²) in [4.78, 5) is 16.1. The molecule has 2 amide bonds. The Morgan fingerprint density at radius 3 is 2.83 bits per heavy atom. The molecular weight excluding hydrogens is 309 g/mol. The fourth-order valence-electron chi connectivity index (χ4n) is 2.93. The van der Waals surface area contributed by atoms with Gasteiger partial charge >= 0.3 is 6.03 Å². The van der Waals surface area contributed by atoms with Gasteiger partial charge in [-0.15, -0.1) is 0 Å². The Morgan fingerprint density at radius 2 is 2.17 bits per heavy atom. The van der Waals surface area contributed by atoms with Crippen LogP contribution in [0.4, 0.5) is 9.18 Å². The molecule has 0 spiro atoms. The van der Waals surface area contributed by atoms with Crippen LogP contribution >= 0.6 is 0 Å². The number of hydrogen-bond donors (Lipinski definition) is 1. The fourth-order valence-corrected chi connectivity index (χ4v) is 2.93. The van der Waals surface area contributed by atoms with E-state index in [2.05, 4.69) is 12.2 Å². The molecule has 0 bridgehead atoms. The molecule has 6 heteroatoms. The van der Waals surface area contributed by atoms with Crippen molar-refractivity contribution < 1.29 is 13.9 Å². The van der Waals surface area contributed by atoms with Gasteiger partial charge in [-0.2, -0.15) is 0 Å². The number of amides is 2. The monoisotopic (exact) mass is 337 g/mol. The summed E-state index contributed by atoms with van der Waals surface area (Å²) in [5.74, 6) is -0.216. The summed E-state index contributed by atoms with van der Waals surface area (Å²) in [5.41, 5.74) is 1.53. The first-order valence-electron chi connectivity index (χ1n) is 8.49. The number of ether oxygens (including phenoxy) is 1. The van der Waals surface area contributed by atoms with Crippen LogP contribution in [0.2, 0.25) is 0 Å². The van der Waals surface area contributed by atoms with Crippen molar-refractivity contribution in [2.24, 2.45) is 0 Å². The average molecular weight is 337 g/mol. The van der Waals surface area contributed by atoms with Crippen LogP contribution in [0.3, 0.4) is 0 Å². The summed E-state index contributed by atoms with van der Waals surface area (Å²) in [5, 5.41) is 2.93. The number of morpholine rings is 1. The summed E-state index contributed by atoms with van der Waals surface area (Å²) in [7, 11) is 3.80. The minimum atomic E-state index is -0.216. The maximum Gasteiger partial charge on any atom is 0.317 e. The third-order valence-electron chi connectivity index (χ3n) is 4.11. The molecule has 5 nitrogen and oxygen atoms in total. The highest BCUT2D eigenvalue weighted by atomic mass is 19.1. The first kappa shape index (κ1) is 18.7. The second-order valence-electron chi connectivity index (χ2n) is 6.70. The molecule has 134 valence electrons. The summed E-state index contributed by atoms with van der Waals surface area (Å²) in [6.07, 6.45) is 1.03. The van der Waals surface area contributed by atoms with E-state index in [1.165, 1.54) is 6.07 Å². The van der Waals surface area contributed by atoms with Gasteiger partial charge in [-0.05, 0) is 45.1 Å². The standard InChI is InChI=1S/C18H28FN3O2/c1-5-16-12-22(10-13(2)24-16)18(23)20-9-14-6-7-17(19)15(8-14)11-21(3)4/h6-8,13,16H,5,9-12H2,1-4H3,(H,20,23). The molecule has 1 aliphatic rings. The lowest BCUT2D eigenvalue weighted by Crippen LogP contribution is -2.52. The second-order valence-corrected chi connectivity index (χ2v) is 6.70. The minimum absolute atomic E-state index is 0.0481. The van der Waals surface area contributed by atoms with Crippen LogP contribution in [-0.2, 0) is 17.8 Å². The zero-order valence-electron chi connectivity index (χ0n) is 15.0. The van der Waals surface area contributed by atoms with Crippen molar-refractivity contribution >= 4 is 6.03 Å². The third kappa shape index (κ3) is 5.18. The molecule has 1 N–H and O–H groups in total. The van der Waals surface area contributed by atoms with Gasteiger partial charge in [0.1, 0.15) is 5.82 Å². The molecule has 0 aromatic heterocycles. The lowest BCUT2D eigenvalue weighted by atomic mass is 10.1. The molecule has 2 unspecified atom stereocenters. The Kier molecular flexibility index (Phi) is 6.57. The first-order chi connectivity index (χ1) is 11.4. The Bertz CT molecular complexity index is 565. The number of rotatable bonds is 5. The van der Waals surface area contributed by atoms with Gasteiger partial charge in [0.05, 0.1) is 12.2 Å². The SMILES string of the molecule is CCC1CN(C(=O)NCc2ccc(F)c(CN(C)C)c2)CC(C)O1. The number of nitrogens with one attached hydrogen (secondary N) is 1. The number of urea groups is 1. The Hall–Kier alpha value is -1.66. The molecule has 1 heterocycles. The molecular formula is C18H28FN3O2. The van der Waals surface area contributed by atoms with E-state index in [-0.39, 0.29) is 24.1 Å². The van der Waals surface area contributed by atoms with Gasteiger partial charge in [0, 0.05) is 31.7 Å². The number of nitrogens with zero attached hydrogens (tertiary/aromatic N) is 2. The van der Waals surface area contributed by atoms with Gasteiger partial charge in [-0.25, -0.2) is 9.18 Å². The van der Waals surface area contributed by atoms with E-state index in [4.69, 9.17) is 4.74 Å². The van der Waals surface area contributed by atoms with E-state index in [1.54, 1.807) is 11.0 Å². The molecule has 24 heavy (non-hydrogen) atoms. The largest absolute Gasteiger partial charge is 0.372 e. The van der Waals surface area contributed by atoms with Gasteiger partial charge < -0.3 is 19.9 Å². The lowest BCUT2D eigenvalue weighted by Gasteiger charge is -2.36. The number of hydrogen-bond acceptors (Lipinski definition) is 3. The molecule has 2 rings (SSSR count). The highest BCUT2D eigenvalue weighted by Crippen LogP contribution is 2.15. The third-order valence-corrected chi connectivity index (χ3v) is 4.11. The Labute approximate surface area is 143 Å². The van der Waals surface area contributed by atoms with Crippen molar-refractivity contribution in [3.63, 3.8) is 0 Å². The maximum atomic E-state index is 13.8. The minimum Gasteiger partial charge on any atom is -0.372 e. The topological polar surface area (TPSA) is 44.8 Å². The number of carbonyl (C=O) groups is 1. The summed E-state index contributed by atoms with van der Waals surface area (Å²) in [6, 6.07) is 4.89. The van der Waals surface area contributed by atoms with Crippen molar-refractivity contribution in [3.05, 3.63) is 35.1 Å². The predicted molar refractivity (Wildman–Crippen MR) is 92.2 cm³/mol. The van der Waals surface area contributed by atoms with Crippen LogP contribution in [0.5, 0.6) is 0 Å². The molecule has 0 aliphatic carbocycles. The Morgan fingerprint density at radius 1 is 1.42 bits per heavy atom. The smallest absolute Gasteiger partial charge is 0.317 e. The normalized spacial score (nSPS) is 21.2. The zero-order chi connectivity index (χ0) is 17.7. The van der Waals surface area contributed by atoms with Crippen LogP contribution < -0.4 is 5.32 Å². The summed E-state index contributed by atoms with van der Waals surface area (Å²) in [6.45, 7) is 6.17. The highest BCUT2D eigenvalue weighted by molar-refractivity contribution is 5.74. The second kappa shape index (κ2) is 8.44.